The van der Waals surface area contributed by atoms with Crippen LogP contribution in [0.5, 0.6) is 0 Å². The molecule has 0 N–H and O–H groups in total. The second kappa shape index (κ2) is 1.99. The molecule has 3 aliphatic rings. The molecule has 0 heterocycles. The van der Waals surface area contributed by atoms with Gasteiger partial charge in [0.2, 0.25) is 0 Å². The molecule has 3 rings (SSSR count). The Bertz CT molecular complexity index is 129. The fourth-order valence-corrected chi connectivity index (χ4v) is 3.05. The standard InChI is InChI=1S/C10H18/c1-8-7-10(2)5-3-9(8)4-6-10/h8-9H,3-7H2,1-2H3. The molecule has 0 nitrogen and oxygen atoms in total. The van der Waals surface area contributed by atoms with E-state index < -0.39 is 0 Å². The molecule has 0 heteroatoms. The summed E-state index contributed by atoms with van der Waals surface area (Å²) in [7, 11) is 0. The van der Waals surface area contributed by atoms with Gasteiger partial charge in [-0.15, -0.1) is 0 Å². The Balaban J connectivity index is 2.14. The van der Waals surface area contributed by atoms with Crippen molar-refractivity contribution in [2.45, 2.75) is 46.0 Å². The first-order chi connectivity index (χ1) is 4.70. The summed E-state index contributed by atoms with van der Waals surface area (Å²) >= 11 is 0. The van der Waals surface area contributed by atoms with E-state index in [0.29, 0.717) is 0 Å². The molecule has 3 aliphatic carbocycles. The summed E-state index contributed by atoms with van der Waals surface area (Å²) in [5.74, 6) is 2.13. The van der Waals surface area contributed by atoms with Crippen molar-refractivity contribution in [3.05, 3.63) is 0 Å². The maximum atomic E-state index is 2.48. The Morgan fingerprint density at radius 3 is 2.10 bits per heavy atom. The molecule has 0 spiro atoms. The summed E-state index contributed by atoms with van der Waals surface area (Å²) < 4.78 is 0. The lowest BCUT2D eigenvalue weighted by molar-refractivity contribution is 0.0340. The number of rotatable bonds is 0. The van der Waals surface area contributed by atoms with Gasteiger partial charge in [0.05, 0.1) is 0 Å². The molecule has 3 fully saturated rings. The largest absolute Gasteiger partial charge is 0.0622 e. The van der Waals surface area contributed by atoms with E-state index in [-0.39, 0.29) is 0 Å². The number of hydrogen-bond donors (Lipinski definition) is 0. The Kier molecular flexibility index (Phi) is 1.33. The van der Waals surface area contributed by atoms with Crippen molar-refractivity contribution in [2.24, 2.45) is 17.3 Å². The maximum Gasteiger partial charge on any atom is -0.0323 e. The van der Waals surface area contributed by atoms with Gasteiger partial charge in [-0.05, 0) is 49.4 Å². The highest BCUT2D eigenvalue weighted by atomic mass is 14.5. The molecule has 1 unspecified atom stereocenters. The highest BCUT2D eigenvalue weighted by Crippen LogP contribution is 2.52. The molecular formula is C10H18. The molecule has 0 amide bonds. The zero-order chi connectivity index (χ0) is 7.19. The molecule has 2 bridgehead atoms. The van der Waals surface area contributed by atoms with Gasteiger partial charge in [0.15, 0.2) is 0 Å². The van der Waals surface area contributed by atoms with E-state index in [4.69, 9.17) is 0 Å². The molecular weight excluding hydrogens is 120 g/mol. The van der Waals surface area contributed by atoms with Crippen LogP contribution >= 0.6 is 0 Å². The van der Waals surface area contributed by atoms with E-state index in [1.165, 1.54) is 32.1 Å². The predicted octanol–water partition coefficient (Wildman–Crippen LogP) is 3.22. The van der Waals surface area contributed by atoms with Crippen molar-refractivity contribution in [3.8, 4) is 0 Å². The topological polar surface area (TPSA) is 0 Å². The second-order valence-corrected chi connectivity index (χ2v) is 4.83. The fraction of sp³-hybridized carbons (Fsp3) is 1.00. The monoisotopic (exact) mass is 138 g/mol. The van der Waals surface area contributed by atoms with Crippen molar-refractivity contribution >= 4 is 0 Å². The van der Waals surface area contributed by atoms with E-state index in [2.05, 4.69) is 13.8 Å². The summed E-state index contributed by atoms with van der Waals surface area (Å²) in [4.78, 5) is 0. The smallest absolute Gasteiger partial charge is 0.0323 e. The fourth-order valence-electron chi connectivity index (χ4n) is 3.05. The number of hydrogen-bond acceptors (Lipinski definition) is 0. The van der Waals surface area contributed by atoms with Crippen LogP contribution in [-0.4, -0.2) is 0 Å². The lowest BCUT2D eigenvalue weighted by Crippen LogP contribution is -2.36. The average molecular weight is 138 g/mol. The van der Waals surface area contributed by atoms with Crippen LogP contribution in [0.2, 0.25) is 0 Å². The van der Waals surface area contributed by atoms with Crippen LogP contribution in [0.15, 0.2) is 0 Å². The van der Waals surface area contributed by atoms with E-state index in [0.717, 1.165) is 17.3 Å². The van der Waals surface area contributed by atoms with Gasteiger partial charge in [0.1, 0.15) is 0 Å². The van der Waals surface area contributed by atoms with Crippen LogP contribution in [0.1, 0.15) is 46.0 Å². The van der Waals surface area contributed by atoms with Crippen molar-refractivity contribution < 1.29 is 0 Å². The van der Waals surface area contributed by atoms with Gasteiger partial charge in [0, 0.05) is 0 Å². The normalized spacial score (nSPS) is 53.4. The third-order valence-electron chi connectivity index (χ3n) is 3.86. The van der Waals surface area contributed by atoms with E-state index in [1.54, 1.807) is 0 Å². The predicted molar refractivity (Wildman–Crippen MR) is 43.8 cm³/mol. The molecule has 0 radical (unpaired) electrons. The lowest BCUT2D eigenvalue weighted by atomic mass is 9.58. The molecule has 0 aromatic carbocycles. The molecule has 0 aliphatic heterocycles. The quantitative estimate of drug-likeness (QED) is 0.482. The van der Waals surface area contributed by atoms with Crippen molar-refractivity contribution in [1.82, 2.24) is 0 Å². The van der Waals surface area contributed by atoms with Crippen molar-refractivity contribution in [1.29, 1.82) is 0 Å². The van der Waals surface area contributed by atoms with Gasteiger partial charge < -0.3 is 0 Å². The second-order valence-electron chi connectivity index (χ2n) is 4.83. The SMILES string of the molecule is CC1CC2(C)CCC1CC2. The van der Waals surface area contributed by atoms with Gasteiger partial charge in [-0.1, -0.05) is 13.8 Å². The zero-order valence-corrected chi connectivity index (χ0v) is 7.19. The summed E-state index contributed by atoms with van der Waals surface area (Å²) in [6.45, 7) is 4.93. The van der Waals surface area contributed by atoms with Crippen LogP contribution in [-0.2, 0) is 0 Å². The first-order valence-corrected chi connectivity index (χ1v) is 4.70. The Morgan fingerprint density at radius 1 is 1.20 bits per heavy atom. The van der Waals surface area contributed by atoms with Gasteiger partial charge in [0.25, 0.3) is 0 Å². The van der Waals surface area contributed by atoms with Crippen LogP contribution in [0, 0.1) is 17.3 Å². The Hall–Kier alpha value is 0. The van der Waals surface area contributed by atoms with Gasteiger partial charge in [-0.2, -0.15) is 0 Å². The third kappa shape index (κ3) is 0.889. The summed E-state index contributed by atoms with van der Waals surface area (Å²) in [5, 5.41) is 0. The van der Waals surface area contributed by atoms with E-state index in [1.807, 2.05) is 0 Å². The Morgan fingerprint density at radius 2 is 1.80 bits per heavy atom. The summed E-state index contributed by atoms with van der Waals surface area (Å²) in [6.07, 6.45) is 7.59. The maximum absolute atomic E-state index is 2.48. The minimum atomic E-state index is 0.758. The van der Waals surface area contributed by atoms with Gasteiger partial charge in [-0.3, -0.25) is 0 Å². The van der Waals surface area contributed by atoms with Crippen LogP contribution in [0.25, 0.3) is 0 Å². The third-order valence-corrected chi connectivity index (χ3v) is 3.86. The first kappa shape index (κ1) is 6.69. The molecule has 58 valence electrons. The van der Waals surface area contributed by atoms with E-state index in [9.17, 15) is 0 Å². The average Bonchev–Trinajstić information content (AvgIpc) is 1.87. The van der Waals surface area contributed by atoms with Crippen LogP contribution in [0.3, 0.4) is 0 Å². The van der Waals surface area contributed by atoms with Gasteiger partial charge >= 0.3 is 0 Å². The van der Waals surface area contributed by atoms with E-state index >= 15 is 0 Å². The molecule has 1 atom stereocenters. The van der Waals surface area contributed by atoms with Gasteiger partial charge in [-0.25, -0.2) is 0 Å². The summed E-state index contributed by atoms with van der Waals surface area (Å²) in [6, 6.07) is 0. The van der Waals surface area contributed by atoms with Crippen molar-refractivity contribution in [3.63, 3.8) is 0 Å². The summed E-state index contributed by atoms with van der Waals surface area (Å²) in [5.41, 5.74) is 0.758. The van der Waals surface area contributed by atoms with Crippen LogP contribution in [0.4, 0.5) is 0 Å². The number of fused-ring (bicyclic) bond motifs is 3. The minimum absolute atomic E-state index is 0.758. The Labute approximate surface area is 64.0 Å². The molecule has 3 saturated carbocycles. The molecule has 10 heavy (non-hydrogen) atoms. The van der Waals surface area contributed by atoms with Crippen molar-refractivity contribution in [2.75, 3.05) is 0 Å². The molecule has 0 saturated heterocycles. The highest BCUT2D eigenvalue weighted by Gasteiger charge is 2.40. The molecule has 0 aromatic rings. The first-order valence-electron chi connectivity index (χ1n) is 4.70. The highest BCUT2D eigenvalue weighted by molar-refractivity contribution is 4.91. The minimum Gasteiger partial charge on any atom is -0.0622 e. The zero-order valence-electron chi connectivity index (χ0n) is 7.19. The lowest BCUT2D eigenvalue weighted by Gasteiger charge is -2.48. The van der Waals surface area contributed by atoms with Crippen LogP contribution < -0.4 is 0 Å². The molecule has 0 aromatic heterocycles.